The average molecular weight is 825 g/mol. The summed E-state index contributed by atoms with van der Waals surface area (Å²) >= 11 is 0. The maximum atomic E-state index is 12.9. The molecule has 0 heterocycles. The van der Waals surface area contributed by atoms with Crippen molar-refractivity contribution in [2.24, 2.45) is 0 Å². The Morgan fingerprint density at radius 1 is 0.414 bits per heavy atom. The number of hydrogen-bond donors (Lipinski definition) is 2. The van der Waals surface area contributed by atoms with Gasteiger partial charge in [0.1, 0.15) is 13.2 Å². The molecule has 0 saturated heterocycles. The second-order valence-corrected chi connectivity index (χ2v) is 16.5. The molecular weight excluding hydrogens is 733 g/mol. The van der Waals surface area contributed by atoms with Gasteiger partial charge in [-0.1, -0.05) is 194 Å². The Morgan fingerprint density at radius 2 is 0.776 bits per heavy atom. The molecule has 0 aromatic carbocycles. The van der Waals surface area contributed by atoms with E-state index in [2.05, 4.69) is 24.5 Å². The van der Waals surface area contributed by atoms with E-state index < -0.39 is 18.0 Å². The molecular formula is C48H92N2O8. The quantitative estimate of drug-likeness (QED) is 0.0458. The van der Waals surface area contributed by atoms with E-state index in [1.807, 2.05) is 0 Å². The lowest BCUT2D eigenvalue weighted by Crippen LogP contribution is -2.46. The van der Waals surface area contributed by atoms with Gasteiger partial charge in [0.15, 0.2) is 0 Å². The molecule has 0 aliphatic heterocycles. The van der Waals surface area contributed by atoms with Crippen molar-refractivity contribution in [3.63, 3.8) is 0 Å². The minimum Gasteiger partial charge on any atom is -0.463 e. The first-order valence-corrected chi connectivity index (χ1v) is 24.4. The first-order valence-electron chi connectivity index (χ1n) is 24.4. The van der Waals surface area contributed by atoms with Gasteiger partial charge < -0.3 is 29.6 Å². The van der Waals surface area contributed by atoms with Crippen molar-refractivity contribution in [2.45, 2.75) is 238 Å². The first kappa shape index (κ1) is 55.8. The summed E-state index contributed by atoms with van der Waals surface area (Å²) in [6.45, 7) is 5.87. The van der Waals surface area contributed by atoms with E-state index in [4.69, 9.17) is 18.9 Å². The van der Waals surface area contributed by atoms with Crippen molar-refractivity contribution in [1.82, 2.24) is 10.6 Å². The Hall–Kier alpha value is -2.20. The Balaban J connectivity index is 4.35. The van der Waals surface area contributed by atoms with Crippen LogP contribution in [-0.4, -0.2) is 76.5 Å². The van der Waals surface area contributed by atoms with Gasteiger partial charge in [-0.05, 0) is 12.8 Å². The van der Waals surface area contributed by atoms with Crippen LogP contribution in [0.2, 0.25) is 0 Å². The van der Waals surface area contributed by atoms with E-state index in [0.29, 0.717) is 26.1 Å². The Kier molecular flexibility index (Phi) is 44.1. The van der Waals surface area contributed by atoms with Crippen LogP contribution in [0.4, 0.5) is 0 Å². The molecule has 0 spiro atoms. The Morgan fingerprint density at radius 3 is 1.19 bits per heavy atom. The Labute approximate surface area is 356 Å². The maximum Gasteiger partial charge on any atom is 0.306 e. The first-order chi connectivity index (χ1) is 28.4. The molecule has 0 bridgehead atoms. The zero-order chi connectivity index (χ0) is 42.4. The minimum atomic E-state index is -0.556. The molecule has 0 rings (SSSR count). The number of rotatable bonds is 46. The van der Waals surface area contributed by atoms with Crippen molar-refractivity contribution in [3.05, 3.63) is 0 Å². The van der Waals surface area contributed by atoms with Gasteiger partial charge in [0.25, 0.3) is 0 Å². The van der Waals surface area contributed by atoms with Crippen LogP contribution in [0.5, 0.6) is 0 Å². The highest BCUT2D eigenvalue weighted by molar-refractivity contribution is 5.78. The van der Waals surface area contributed by atoms with Gasteiger partial charge in [-0.15, -0.1) is 0 Å². The molecule has 0 aliphatic rings. The molecule has 0 aromatic heterocycles. The van der Waals surface area contributed by atoms with E-state index >= 15 is 0 Å². The standard InChI is InChI=1S/C48H92N2O8/c1-4-6-8-10-12-14-16-18-20-22-24-26-28-30-32-34-45(51)49-42-44(43-58-48(54)37-36-47(53)57-41-40-56-39-38-55-3)50-46(52)35-33-31-29-27-25-23-21-19-17-15-13-11-9-7-5-2/h44H,4-43H2,1-3H3,(H,49,51)(H,50,52). The Bertz CT molecular complexity index is 933. The average Bonchev–Trinajstić information content (AvgIpc) is 3.22. The molecule has 0 saturated carbocycles. The lowest BCUT2D eigenvalue weighted by atomic mass is 10.0. The number of amides is 2. The monoisotopic (exact) mass is 825 g/mol. The summed E-state index contributed by atoms with van der Waals surface area (Å²) < 4.78 is 20.7. The topological polar surface area (TPSA) is 129 Å². The largest absolute Gasteiger partial charge is 0.463 e. The third kappa shape index (κ3) is 43.4. The van der Waals surface area contributed by atoms with Gasteiger partial charge in [0.05, 0.1) is 38.7 Å². The molecule has 1 unspecified atom stereocenters. The van der Waals surface area contributed by atoms with Crippen LogP contribution >= 0.6 is 0 Å². The molecule has 0 aromatic rings. The summed E-state index contributed by atoms with van der Waals surface area (Å²) in [7, 11) is 1.58. The van der Waals surface area contributed by atoms with E-state index in [9.17, 15) is 19.2 Å². The lowest BCUT2D eigenvalue weighted by molar-refractivity contribution is -0.151. The number of ether oxygens (including phenoxy) is 4. The zero-order valence-electron chi connectivity index (χ0n) is 38.1. The number of carbonyl (C=O) groups is 4. The van der Waals surface area contributed by atoms with E-state index in [1.165, 1.54) is 154 Å². The second-order valence-electron chi connectivity index (χ2n) is 16.5. The predicted octanol–water partition coefficient (Wildman–Crippen LogP) is 11.6. The van der Waals surface area contributed by atoms with E-state index in [-0.39, 0.29) is 51.0 Å². The van der Waals surface area contributed by atoms with Crippen molar-refractivity contribution >= 4 is 23.8 Å². The maximum absolute atomic E-state index is 12.9. The zero-order valence-corrected chi connectivity index (χ0v) is 38.1. The van der Waals surface area contributed by atoms with Gasteiger partial charge in [-0.25, -0.2) is 0 Å². The van der Waals surface area contributed by atoms with Crippen LogP contribution in [0.3, 0.4) is 0 Å². The van der Waals surface area contributed by atoms with Gasteiger partial charge in [-0.3, -0.25) is 19.2 Å². The minimum absolute atomic E-state index is 0.0587. The summed E-state index contributed by atoms with van der Waals surface area (Å²) in [6, 6.07) is -0.547. The van der Waals surface area contributed by atoms with Crippen molar-refractivity contribution in [3.8, 4) is 0 Å². The number of hydrogen-bond acceptors (Lipinski definition) is 8. The summed E-state index contributed by atoms with van der Waals surface area (Å²) in [5, 5.41) is 5.90. The van der Waals surface area contributed by atoms with Gasteiger partial charge in [-0.2, -0.15) is 0 Å². The fourth-order valence-corrected chi connectivity index (χ4v) is 7.09. The highest BCUT2D eigenvalue weighted by Crippen LogP contribution is 2.15. The van der Waals surface area contributed by atoms with Gasteiger partial charge >= 0.3 is 11.9 Å². The molecule has 1 atom stereocenters. The molecule has 342 valence electrons. The molecule has 10 heteroatoms. The van der Waals surface area contributed by atoms with Gasteiger partial charge in [0, 0.05) is 26.5 Å². The molecule has 0 aliphatic carbocycles. The van der Waals surface area contributed by atoms with Crippen LogP contribution in [0.15, 0.2) is 0 Å². The van der Waals surface area contributed by atoms with Crippen molar-refractivity contribution < 1.29 is 38.1 Å². The fraction of sp³-hybridized carbons (Fsp3) is 0.917. The summed E-state index contributed by atoms with van der Waals surface area (Å²) in [4.78, 5) is 50.0. The highest BCUT2D eigenvalue weighted by atomic mass is 16.6. The molecule has 10 nitrogen and oxygen atoms in total. The summed E-state index contributed by atoms with van der Waals surface area (Å²) in [6.07, 6.45) is 38.7. The highest BCUT2D eigenvalue weighted by Gasteiger charge is 2.17. The molecule has 2 amide bonds. The molecule has 2 N–H and O–H groups in total. The molecule has 0 fully saturated rings. The third-order valence-electron chi connectivity index (χ3n) is 10.8. The molecule has 58 heavy (non-hydrogen) atoms. The smallest absolute Gasteiger partial charge is 0.306 e. The van der Waals surface area contributed by atoms with Crippen molar-refractivity contribution in [2.75, 3.05) is 46.7 Å². The molecule has 0 radical (unpaired) electrons. The number of esters is 2. The van der Waals surface area contributed by atoms with Crippen molar-refractivity contribution in [1.29, 1.82) is 0 Å². The number of methoxy groups -OCH3 is 1. The van der Waals surface area contributed by atoms with E-state index in [0.717, 1.165) is 38.5 Å². The fourth-order valence-electron chi connectivity index (χ4n) is 7.09. The van der Waals surface area contributed by atoms with Crippen LogP contribution in [0, 0.1) is 0 Å². The lowest BCUT2D eigenvalue weighted by Gasteiger charge is -2.19. The number of unbranched alkanes of at least 4 members (excludes halogenated alkanes) is 28. The predicted molar refractivity (Wildman–Crippen MR) is 238 cm³/mol. The van der Waals surface area contributed by atoms with Gasteiger partial charge in [0.2, 0.25) is 11.8 Å². The van der Waals surface area contributed by atoms with Crippen LogP contribution in [0.25, 0.3) is 0 Å². The third-order valence-corrected chi connectivity index (χ3v) is 10.8. The number of nitrogens with one attached hydrogen (secondary N) is 2. The van der Waals surface area contributed by atoms with E-state index in [1.54, 1.807) is 7.11 Å². The SMILES string of the molecule is CCCCCCCCCCCCCCCCCC(=O)NCC(COC(=O)CCC(=O)OCCOCCOC)NC(=O)CCCCCCCCCCCCCCCCC. The second kappa shape index (κ2) is 45.9. The van der Waals surface area contributed by atoms with Crippen LogP contribution in [-0.2, 0) is 38.1 Å². The summed E-state index contributed by atoms with van der Waals surface area (Å²) in [5.41, 5.74) is 0. The number of carbonyl (C=O) groups excluding carboxylic acids is 4. The van der Waals surface area contributed by atoms with Crippen LogP contribution in [0.1, 0.15) is 232 Å². The normalized spacial score (nSPS) is 11.7. The van der Waals surface area contributed by atoms with Crippen LogP contribution < -0.4 is 10.6 Å². The summed E-state index contributed by atoms with van der Waals surface area (Å²) in [5.74, 6) is -1.23.